The molecule has 4 aromatic rings. The average molecular weight is 356 g/mol. The fourth-order valence-corrected chi connectivity index (χ4v) is 3.30. The first-order valence-electron chi connectivity index (χ1n) is 8.94. The summed E-state index contributed by atoms with van der Waals surface area (Å²) < 4.78 is 1.89. The molecule has 27 heavy (non-hydrogen) atoms. The largest absolute Gasteiger partial charge is 0.346 e. The molecule has 0 saturated heterocycles. The maximum Gasteiger partial charge on any atom is 0.232 e. The molecule has 2 heterocycles. The van der Waals surface area contributed by atoms with Crippen molar-refractivity contribution in [3.8, 4) is 0 Å². The monoisotopic (exact) mass is 356 g/mol. The lowest BCUT2D eigenvalue weighted by molar-refractivity contribution is -0.122. The van der Waals surface area contributed by atoms with E-state index in [0.29, 0.717) is 5.82 Å². The number of carbonyl (C=O) groups excluding carboxylic acids is 1. The molecule has 0 spiro atoms. The summed E-state index contributed by atoms with van der Waals surface area (Å²) in [4.78, 5) is 13.2. The summed E-state index contributed by atoms with van der Waals surface area (Å²) in [6, 6.07) is 25.1. The minimum absolute atomic E-state index is 0.0624. The van der Waals surface area contributed by atoms with Gasteiger partial charge < -0.3 is 5.32 Å². The molecule has 0 saturated carbocycles. The second kappa shape index (κ2) is 7.41. The topological polar surface area (TPSA) is 59.3 Å². The van der Waals surface area contributed by atoms with E-state index in [-0.39, 0.29) is 17.9 Å². The summed E-state index contributed by atoms with van der Waals surface area (Å²) in [6.07, 6.45) is 1.90. The van der Waals surface area contributed by atoms with Gasteiger partial charge in [0, 0.05) is 6.20 Å². The van der Waals surface area contributed by atoms with Gasteiger partial charge in [-0.05, 0) is 30.2 Å². The van der Waals surface area contributed by atoms with Gasteiger partial charge in [-0.3, -0.25) is 9.20 Å². The van der Waals surface area contributed by atoms with E-state index in [9.17, 15) is 4.79 Å². The van der Waals surface area contributed by atoms with E-state index in [2.05, 4.69) is 15.5 Å². The predicted octanol–water partition coefficient (Wildman–Crippen LogP) is 3.74. The second-order valence-electron chi connectivity index (χ2n) is 6.47. The molecule has 2 aromatic heterocycles. The van der Waals surface area contributed by atoms with E-state index < -0.39 is 0 Å². The quantitative estimate of drug-likeness (QED) is 0.593. The molecule has 0 aliphatic rings. The van der Waals surface area contributed by atoms with Gasteiger partial charge in [-0.1, -0.05) is 66.7 Å². The Kier molecular flexibility index (Phi) is 4.66. The lowest BCUT2D eigenvalue weighted by atomic mass is 9.90. The first-order valence-corrected chi connectivity index (χ1v) is 8.94. The Morgan fingerprint density at radius 1 is 0.852 bits per heavy atom. The Morgan fingerprint density at radius 3 is 2.07 bits per heavy atom. The molecule has 0 unspecified atom stereocenters. The molecule has 1 N–H and O–H groups in total. The van der Waals surface area contributed by atoms with Crippen LogP contribution in [0.15, 0.2) is 85.1 Å². The lowest BCUT2D eigenvalue weighted by Crippen LogP contribution is -2.33. The van der Waals surface area contributed by atoms with E-state index in [1.54, 1.807) is 0 Å². The van der Waals surface area contributed by atoms with Crippen LogP contribution in [0.1, 0.15) is 35.8 Å². The van der Waals surface area contributed by atoms with Crippen LogP contribution in [-0.4, -0.2) is 20.5 Å². The molecule has 134 valence electrons. The zero-order valence-electron chi connectivity index (χ0n) is 15.0. The van der Waals surface area contributed by atoms with E-state index in [4.69, 9.17) is 0 Å². The average Bonchev–Trinajstić information content (AvgIpc) is 3.14. The molecule has 0 radical (unpaired) electrons. The Hall–Kier alpha value is -3.47. The fraction of sp³-hybridized carbons (Fsp3) is 0.136. The third kappa shape index (κ3) is 3.44. The molecule has 2 aromatic carbocycles. The Bertz CT molecular complexity index is 1000. The summed E-state index contributed by atoms with van der Waals surface area (Å²) >= 11 is 0. The van der Waals surface area contributed by atoms with Gasteiger partial charge >= 0.3 is 0 Å². The van der Waals surface area contributed by atoms with E-state index >= 15 is 0 Å². The summed E-state index contributed by atoms with van der Waals surface area (Å²) in [5.74, 6) is 0.264. The van der Waals surface area contributed by atoms with Crippen molar-refractivity contribution in [2.75, 3.05) is 0 Å². The zero-order valence-corrected chi connectivity index (χ0v) is 15.0. The second-order valence-corrected chi connectivity index (χ2v) is 6.47. The minimum Gasteiger partial charge on any atom is -0.346 e. The highest BCUT2D eigenvalue weighted by molar-refractivity contribution is 5.87. The number of carbonyl (C=O) groups is 1. The molecule has 0 fully saturated rings. The highest BCUT2D eigenvalue weighted by Crippen LogP contribution is 2.26. The van der Waals surface area contributed by atoms with Crippen LogP contribution in [0, 0.1) is 0 Å². The lowest BCUT2D eigenvalue weighted by Gasteiger charge is -2.20. The van der Waals surface area contributed by atoms with Crippen LogP contribution in [0.4, 0.5) is 0 Å². The number of fused-ring (bicyclic) bond motifs is 1. The molecule has 5 nitrogen and oxygen atoms in total. The first-order chi connectivity index (χ1) is 13.2. The van der Waals surface area contributed by atoms with Crippen LogP contribution in [0.3, 0.4) is 0 Å². The maximum absolute atomic E-state index is 13.2. The summed E-state index contributed by atoms with van der Waals surface area (Å²) in [6.45, 7) is 1.92. The highest BCUT2D eigenvalue weighted by Gasteiger charge is 2.25. The smallest absolute Gasteiger partial charge is 0.232 e. The van der Waals surface area contributed by atoms with Crippen molar-refractivity contribution in [3.63, 3.8) is 0 Å². The number of amides is 1. The first kappa shape index (κ1) is 17.0. The van der Waals surface area contributed by atoms with Gasteiger partial charge in [0.25, 0.3) is 0 Å². The third-order valence-electron chi connectivity index (χ3n) is 4.61. The Morgan fingerprint density at radius 2 is 1.44 bits per heavy atom. The Balaban J connectivity index is 1.64. The zero-order chi connectivity index (χ0) is 18.6. The van der Waals surface area contributed by atoms with Crippen LogP contribution in [0.25, 0.3) is 5.65 Å². The molecular formula is C22H20N4O. The highest BCUT2D eigenvalue weighted by atomic mass is 16.2. The number of pyridine rings is 1. The van der Waals surface area contributed by atoms with Gasteiger partial charge in [-0.2, -0.15) is 0 Å². The van der Waals surface area contributed by atoms with Crippen LogP contribution < -0.4 is 5.32 Å². The number of aromatic nitrogens is 3. The van der Waals surface area contributed by atoms with Gasteiger partial charge in [-0.25, -0.2) is 0 Å². The summed E-state index contributed by atoms with van der Waals surface area (Å²) in [5, 5.41) is 11.5. The number of nitrogens with one attached hydrogen (secondary N) is 1. The molecule has 0 aliphatic carbocycles. The van der Waals surface area contributed by atoms with Gasteiger partial charge in [-0.15, -0.1) is 10.2 Å². The molecule has 0 aliphatic heterocycles. The van der Waals surface area contributed by atoms with E-state index in [0.717, 1.165) is 16.8 Å². The van der Waals surface area contributed by atoms with Crippen molar-refractivity contribution in [1.82, 2.24) is 19.9 Å². The van der Waals surface area contributed by atoms with Gasteiger partial charge in [0.1, 0.15) is 0 Å². The van der Waals surface area contributed by atoms with Crippen LogP contribution in [0.5, 0.6) is 0 Å². The van der Waals surface area contributed by atoms with Gasteiger partial charge in [0.15, 0.2) is 11.5 Å². The molecule has 1 atom stereocenters. The molecule has 0 bridgehead atoms. The SMILES string of the molecule is C[C@@H](NC(=O)C(c1ccccc1)c1ccccc1)c1nnc2ccccn12. The number of nitrogens with zero attached hydrogens (tertiary/aromatic N) is 3. The van der Waals surface area contributed by atoms with Crippen molar-refractivity contribution < 1.29 is 4.79 Å². The summed E-state index contributed by atoms with van der Waals surface area (Å²) in [5.41, 5.74) is 2.68. The number of hydrogen-bond acceptors (Lipinski definition) is 3. The van der Waals surface area contributed by atoms with Crippen molar-refractivity contribution in [2.45, 2.75) is 18.9 Å². The number of benzene rings is 2. The van der Waals surface area contributed by atoms with Crippen molar-refractivity contribution in [1.29, 1.82) is 0 Å². The minimum atomic E-state index is -0.381. The van der Waals surface area contributed by atoms with Gasteiger partial charge in [0.05, 0.1) is 12.0 Å². The normalized spacial score (nSPS) is 12.2. The van der Waals surface area contributed by atoms with Crippen LogP contribution >= 0.6 is 0 Å². The summed E-state index contributed by atoms with van der Waals surface area (Å²) in [7, 11) is 0. The van der Waals surface area contributed by atoms with Crippen LogP contribution in [0.2, 0.25) is 0 Å². The standard InChI is InChI=1S/C22H20N4O/c1-16(21-25-24-19-14-8-9-15-26(19)21)23-22(27)20(17-10-4-2-5-11-17)18-12-6-3-7-13-18/h2-16,20H,1H3,(H,23,27)/t16-/m1/s1. The number of hydrogen-bond donors (Lipinski definition) is 1. The molecule has 5 heteroatoms. The third-order valence-corrected chi connectivity index (χ3v) is 4.61. The Labute approximate surface area is 157 Å². The van der Waals surface area contributed by atoms with Crippen molar-refractivity contribution in [2.24, 2.45) is 0 Å². The maximum atomic E-state index is 13.2. The van der Waals surface area contributed by atoms with E-state index in [1.165, 1.54) is 0 Å². The number of rotatable bonds is 5. The fourth-order valence-electron chi connectivity index (χ4n) is 3.30. The van der Waals surface area contributed by atoms with Crippen molar-refractivity contribution in [3.05, 3.63) is 102 Å². The van der Waals surface area contributed by atoms with Gasteiger partial charge in [0.2, 0.25) is 5.91 Å². The molecule has 1 amide bonds. The van der Waals surface area contributed by atoms with Crippen molar-refractivity contribution >= 4 is 11.6 Å². The van der Waals surface area contributed by atoms with Crippen LogP contribution in [-0.2, 0) is 4.79 Å². The van der Waals surface area contributed by atoms with E-state index in [1.807, 2.05) is 96.4 Å². The molecule has 4 rings (SSSR count). The predicted molar refractivity (Wildman–Crippen MR) is 104 cm³/mol. The molecular weight excluding hydrogens is 336 g/mol.